The first kappa shape index (κ1) is 19.4. The number of halogens is 1. The molecule has 1 heterocycles. The number of nitrogens with one attached hydrogen (secondary N) is 1. The third kappa shape index (κ3) is 5.55. The van der Waals surface area contributed by atoms with Crippen LogP contribution in [0.15, 0.2) is 29.4 Å². The molecule has 0 bridgehead atoms. The Hall–Kier alpha value is -1.91. The lowest BCUT2D eigenvalue weighted by molar-refractivity contribution is -0.114. The summed E-state index contributed by atoms with van der Waals surface area (Å²) in [5.74, 6) is -0.344. The molecule has 25 heavy (non-hydrogen) atoms. The number of carbonyl (C=O) groups is 1. The van der Waals surface area contributed by atoms with Gasteiger partial charge in [0, 0.05) is 25.1 Å². The van der Waals surface area contributed by atoms with E-state index in [4.69, 9.17) is 0 Å². The van der Waals surface area contributed by atoms with E-state index in [1.54, 1.807) is 12.1 Å². The molecule has 0 fully saturated rings. The third-order valence-electron chi connectivity index (χ3n) is 4.58. The maximum absolute atomic E-state index is 14.2. The van der Waals surface area contributed by atoms with E-state index in [2.05, 4.69) is 24.3 Å². The van der Waals surface area contributed by atoms with E-state index < -0.39 is 0 Å². The van der Waals surface area contributed by atoms with Crippen molar-refractivity contribution in [1.29, 1.82) is 0 Å². The molecule has 5 heteroatoms. The summed E-state index contributed by atoms with van der Waals surface area (Å²) in [6.07, 6.45) is 6.89. The highest BCUT2D eigenvalue weighted by molar-refractivity contribution is 6.39. The van der Waals surface area contributed by atoms with Crippen LogP contribution in [0.25, 0.3) is 0 Å². The zero-order valence-corrected chi connectivity index (χ0v) is 15.4. The Balaban J connectivity index is 2.05. The molecule has 1 unspecified atom stereocenters. The van der Waals surface area contributed by atoms with Crippen LogP contribution in [-0.4, -0.2) is 29.7 Å². The standard InChI is InChI=1S/C20H30FN3O/c1-3-5-9-13-22-20(25)18-15-19(16-11-7-8-12-17(16)21)24(23-18)14-10-6-4-2/h7-8,11-12,19H,3-6,9-10,13-15H2,1-2H3,(H,22,25). The van der Waals surface area contributed by atoms with Gasteiger partial charge in [0.2, 0.25) is 0 Å². The molecule has 0 aliphatic carbocycles. The molecule has 4 nitrogen and oxygen atoms in total. The lowest BCUT2D eigenvalue weighted by Gasteiger charge is -2.24. The molecule has 1 amide bonds. The fraction of sp³-hybridized carbons (Fsp3) is 0.600. The van der Waals surface area contributed by atoms with Crippen molar-refractivity contribution in [2.75, 3.05) is 13.1 Å². The molecule has 138 valence electrons. The molecule has 0 radical (unpaired) electrons. The molecule has 1 aromatic rings. The average Bonchev–Trinajstić information content (AvgIpc) is 3.03. The van der Waals surface area contributed by atoms with Gasteiger partial charge in [-0.25, -0.2) is 4.39 Å². The van der Waals surface area contributed by atoms with Gasteiger partial charge in [0.15, 0.2) is 0 Å². The largest absolute Gasteiger partial charge is 0.351 e. The fourth-order valence-corrected chi connectivity index (χ4v) is 3.12. The summed E-state index contributed by atoms with van der Waals surface area (Å²) in [6.45, 7) is 5.71. The smallest absolute Gasteiger partial charge is 0.267 e. The highest BCUT2D eigenvalue weighted by Gasteiger charge is 2.32. The van der Waals surface area contributed by atoms with Gasteiger partial charge in [-0.05, 0) is 18.9 Å². The fourth-order valence-electron chi connectivity index (χ4n) is 3.12. The number of rotatable bonds is 10. The number of nitrogens with zero attached hydrogens (tertiary/aromatic N) is 2. The Labute approximate surface area is 150 Å². The molecule has 0 saturated carbocycles. The van der Waals surface area contributed by atoms with Crippen LogP contribution in [0.1, 0.15) is 70.4 Å². The highest BCUT2D eigenvalue weighted by atomic mass is 19.1. The Kier molecular flexibility index (Phi) is 7.89. The molecule has 0 spiro atoms. The van der Waals surface area contributed by atoms with Crippen LogP contribution < -0.4 is 5.32 Å². The zero-order chi connectivity index (χ0) is 18.1. The van der Waals surface area contributed by atoms with Crippen LogP contribution >= 0.6 is 0 Å². The summed E-state index contributed by atoms with van der Waals surface area (Å²) in [6, 6.07) is 6.62. The zero-order valence-electron chi connectivity index (χ0n) is 15.4. The van der Waals surface area contributed by atoms with Gasteiger partial charge in [-0.1, -0.05) is 57.7 Å². The number of hydrazone groups is 1. The van der Waals surface area contributed by atoms with Crippen LogP contribution in [0.4, 0.5) is 4.39 Å². The Bertz CT molecular complexity index is 588. The van der Waals surface area contributed by atoms with Crippen LogP contribution in [0.5, 0.6) is 0 Å². The van der Waals surface area contributed by atoms with Crippen LogP contribution in [0, 0.1) is 5.82 Å². The van der Waals surface area contributed by atoms with Gasteiger partial charge >= 0.3 is 0 Å². The summed E-state index contributed by atoms with van der Waals surface area (Å²) >= 11 is 0. The number of benzene rings is 1. The van der Waals surface area contributed by atoms with Gasteiger partial charge in [0.1, 0.15) is 11.5 Å². The number of unbranched alkanes of at least 4 members (excludes halogenated alkanes) is 4. The van der Waals surface area contributed by atoms with Crippen LogP contribution in [0.2, 0.25) is 0 Å². The minimum atomic E-state index is -0.229. The van der Waals surface area contributed by atoms with Gasteiger partial charge in [-0.15, -0.1) is 0 Å². The molecule has 1 aromatic carbocycles. The first-order valence-corrected chi connectivity index (χ1v) is 9.54. The maximum Gasteiger partial charge on any atom is 0.267 e. The van der Waals surface area contributed by atoms with Gasteiger partial charge < -0.3 is 5.32 Å². The van der Waals surface area contributed by atoms with Crippen molar-refractivity contribution in [3.05, 3.63) is 35.6 Å². The monoisotopic (exact) mass is 347 g/mol. The number of carbonyl (C=O) groups excluding carboxylic acids is 1. The van der Waals surface area contributed by atoms with E-state index in [9.17, 15) is 9.18 Å². The highest BCUT2D eigenvalue weighted by Crippen LogP contribution is 2.32. The first-order valence-electron chi connectivity index (χ1n) is 9.54. The van der Waals surface area contributed by atoms with Crippen molar-refractivity contribution in [3.8, 4) is 0 Å². The van der Waals surface area contributed by atoms with Gasteiger partial charge in [0.25, 0.3) is 5.91 Å². The number of amides is 1. The predicted octanol–water partition coefficient (Wildman–Crippen LogP) is 4.43. The number of hydrogen-bond donors (Lipinski definition) is 1. The van der Waals surface area contributed by atoms with E-state index in [1.807, 2.05) is 11.1 Å². The Morgan fingerprint density at radius 3 is 2.64 bits per heavy atom. The van der Waals surface area contributed by atoms with Crippen molar-refractivity contribution in [2.24, 2.45) is 5.10 Å². The summed E-state index contributed by atoms with van der Waals surface area (Å²) in [5.41, 5.74) is 1.14. The van der Waals surface area contributed by atoms with Crippen molar-refractivity contribution in [2.45, 2.75) is 64.8 Å². The SMILES string of the molecule is CCCCCNC(=O)C1=NN(CCCCC)C(c2ccccc2F)C1. The molecule has 0 saturated heterocycles. The summed E-state index contributed by atoms with van der Waals surface area (Å²) < 4.78 is 14.2. The molecule has 1 aliphatic rings. The lowest BCUT2D eigenvalue weighted by Crippen LogP contribution is -2.31. The molecule has 1 atom stereocenters. The van der Waals surface area contributed by atoms with Crippen LogP contribution in [-0.2, 0) is 4.79 Å². The maximum atomic E-state index is 14.2. The van der Waals surface area contributed by atoms with E-state index in [0.717, 1.165) is 45.1 Å². The van der Waals surface area contributed by atoms with Crippen LogP contribution in [0.3, 0.4) is 0 Å². The van der Waals surface area contributed by atoms with Crippen molar-refractivity contribution in [3.63, 3.8) is 0 Å². The average molecular weight is 347 g/mol. The number of hydrogen-bond acceptors (Lipinski definition) is 3. The first-order chi connectivity index (χ1) is 12.2. The summed E-state index contributed by atoms with van der Waals surface area (Å²) in [5, 5.41) is 9.37. The minimum Gasteiger partial charge on any atom is -0.351 e. The Morgan fingerprint density at radius 2 is 1.92 bits per heavy atom. The van der Waals surface area contributed by atoms with Gasteiger partial charge in [0.05, 0.1) is 6.04 Å². The van der Waals surface area contributed by atoms with Crippen molar-refractivity contribution < 1.29 is 9.18 Å². The third-order valence-corrected chi connectivity index (χ3v) is 4.58. The molecule has 1 N–H and O–H groups in total. The second kappa shape index (κ2) is 10.2. The molecule has 0 aromatic heterocycles. The second-order valence-corrected chi connectivity index (χ2v) is 6.62. The van der Waals surface area contributed by atoms with Crippen molar-refractivity contribution in [1.82, 2.24) is 10.3 Å². The molecule has 2 rings (SSSR count). The normalized spacial score (nSPS) is 16.8. The molecule has 1 aliphatic heterocycles. The predicted molar refractivity (Wildman–Crippen MR) is 100.0 cm³/mol. The summed E-state index contributed by atoms with van der Waals surface area (Å²) in [7, 11) is 0. The van der Waals surface area contributed by atoms with E-state index in [0.29, 0.717) is 24.2 Å². The minimum absolute atomic E-state index is 0.115. The van der Waals surface area contributed by atoms with Gasteiger partial charge in [-0.2, -0.15) is 5.10 Å². The van der Waals surface area contributed by atoms with Gasteiger partial charge in [-0.3, -0.25) is 9.80 Å². The van der Waals surface area contributed by atoms with Crippen molar-refractivity contribution >= 4 is 11.6 Å². The topological polar surface area (TPSA) is 44.7 Å². The lowest BCUT2D eigenvalue weighted by atomic mass is 10.0. The second-order valence-electron chi connectivity index (χ2n) is 6.62. The Morgan fingerprint density at radius 1 is 1.20 bits per heavy atom. The summed E-state index contributed by atoms with van der Waals surface area (Å²) in [4.78, 5) is 12.4. The van der Waals surface area contributed by atoms with E-state index in [-0.39, 0.29) is 17.8 Å². The van der Waals surface area contributed by atoms with E-state index >= 15 is 0 Å². The van der Waals surface area contributed by atoms with E-state index in [1.165, 1.54) is 6.07 Å². The quantitative estimate of drug-likeness (QED) is 0.637. The molecular weight excluding hydrogens is 317 g/mol. The molecular formula is C20H30FN3O.